The zero-order chi connectivity index (χ0) is 20.4. The number of carbonyl (C=O) groups excluding carboxylic acids is 1. The lowest BCUT2D eigenvalue weighted by Gasteiger charge is -2.26. The smallest absolute Gasteiger partial charge is 0.243 e. The number of benzene rings is 1. The zero-order valence-corrected chi connectivity index (χ0v) is 17.6. The Hall–Kier alpha value is -2.02. The normalized spacial score (nSPS) is 18.0. The number of nitrogens with one attached hydrogen (secondary N) is 1. The van der Waals surface area contributed by atoms with Crippen LogP contribution in [0.1, 0.15) is 24.4 Å². The van der Waals surface area contributed by atoms with Crippen molar-refractivity contribution in [2.45, 2.75) is 35.9 Å². The Balaban J connectivity index is 1.43. The van der Waals surface area contributed by atoms with Crippen LogP contribution in [-0.2, 0) is 19.6 Å². The summed E-state index contributed by atoms with van der Waals surface area (Å²) in [6.45, 7) is 3.15. The molecule has 2 fully saturated rings. The number of aromatic nitrogens is 4. The molecule has 1 amide bonds. The van der Waals surface area contributed by atoms with Crippen LogP contribution in [-0.4, -0.2) is 70.9 Å². The average molecular weight is 439 g/mol. The number of amides is 1. The third kappa shape index (κ3) is 4.60. The van der Waals surface area contributed by atoms with E-state index in [4.69, 9.17) is 4.74 Å². The van der Waals surface area contributed by atoms with Gasteiger partial charge in [0.1, 0.15) is 0 Å². The first-order chi connectivity index (χ1) is 13.9. The van der Waals surface area contributed by atoms with Gasteiger partial charge < -0.3 is 10.1 Å². The van der Waals surface area contributed by atoms with E-state index in [9.17, 15) is 13.2 Å². The Labute approximate surface area is 173 Å². The number of anilines is 1. The summed E-state index contributed by atoms with van der Waals surface area (Å²) >= 11 is 1.26. The molecule has 1 aliphatic heterocycles. The van der Waals surface area contributed by atoms with E-state index in [1.165, 1.54) is 22.1 Å². The van der Waals surface area contributed by atoms with Gasteiger partial charge in [-0.3, -0.25) is 4.79 Å². The minimum atomic E-state index is -3.64. The van der Waals surface area contributed by atoms with Crippen LogP contribution in [0.15, 0.2) is 28.3 Å². The summed E-state index contributed by atoms with van der Waals surface area (Å²) in [4.78, 5) is 12.6. The van der Waals surface area contributed by atoms with Crippen LogP contribution in [0, 0.1) is 6.92 Å². The molecule has 1 N–H and O–H groups in total. The van der Waals surface area contributed by atoms with Crippen LogP contribution >= 0.6 is 11.8 Å². The molecule has 156 valence electrons. The highest BCUT2D eigenvalue weighted by atomic mass is 32.2. The number of aryl methyl sites for hydroxylation is 1. The Bertz CT molecular complexity index is 999. The Morgan fingerprint density at radius 1 is 1.31 bits per heavy atom. The summed E-state index contributed by atoms with van der Waals surface area (Å²) in [6, 6.07) is 5.24. The van der Waals surface area contributed by atoms with Gasteiger partial charge in [0.05, 0.1) is 29.9 Å². The van der Waals surface area contributed by atoms with Gasteiger partial charge in [-0.05, 0) is 47.9 Å². The van der Waals surface area contributed by atoms with Crippen LogP contribution in [0.5, 0.6) is 0 Å². The van der Waals surface area contributed by atoms with Gasteiger partial charge in [-0.15, -0.1) is 5.10 Å². The molecule has 0 spiro atoms. The standard InChI is InChI=1S/C17H22N6O4S2/c1-12-2-3-13(10-15(12)29(25,26)22-6-8-27-9-7-22)18-16(24)11-28-17-19-20-21-23(17)14-4-5-14/h2-3,10,14H,4-9,11H2,1H3,(H,18,24). The molecule has 0 unspecified atom stereocenters. The van der Waals surface area contributed by atoms with E-state index < -0.39 is 10.0 Å². The fourth-order valence-corrected chi connectivity index (χ4v) is 5.44. The number of carbonyl (C=O) groups is 1. The number of morpholine rings is 1. The lowest BCUT2D eigenvalue weighted by molar-refractivity contribution is -0.113. The number of rotatable bonds is 7. The van der Waals surface area contributed by atoms with Gasteiger partial charge in [-0.2, -0.15) is 4.31 Å². The highest BCUT2D eigenvalue weighted by Crippen LogP contribution is 2.36. The molecule has 1 saturated heterocycles. The molecular formula is C17H22N6O4S2. The van der Waals surface area contributed by atoms with Crippen LogP contribution in [0.4, 0.5) is 5.69 Å². The molecule has 1 aromatic heterocycles. The van der Waals surface area contributed by atoms with E-state index in [1.807, 2.05) is 0 Å². The molecule has 1 saturated carbocycles. The molecule has 2 aliphatic rings. The van der Waals surface area contributed by atoms with Crippen molar-refractivity contribution < 1.29 is 17.9 Å². The van der Waals surface area contributed by atoms with E-state index >= 15 is 0 Å². The minimum absolute atomic E-state index is 0.131. The first-order valence-corrected chi connectivity index (χ1v) is 11.8. The van der Waals surface area contributed by atoms with Crippen LogP contribution in [0.25, 0.3) is 0 Å². The Kier molecular flexibility index (Phi) is 5.86. The van der Waals surface area contributed by atoms with Gasteiger partial charge in [0.25, 0.3) is 0 Å². The number of nitrogens with zero attached hydrogens (tertiary/aromatic N) is 5. The van der Waals surface area contributed by atoms with Crippen molar-refractivity contribution in [2.24, 2.45) is 0 Å². The maximum atomic E-state index is 13.0. The number of tetrazole rings is 1. The molecule has 1 aromatic carbocycles. The number of hydrogen-bond donors (Lipinski definition) is 1. The Morgan fingerprint density at radius 3 is 2.79 bits per heavy atom. The number of hydrogen-bond acceptors (Lipinski definition) is 8. The van der Waals surface area contributed by atoms with Crippen molar-refractivity contribution in [3.05, 3.63) is 23.8 Å². The molecular weight excluding hydrogens is 416 g/mol. The fraction of sp³-hybridized carbons (Fsp3) is 0.529. The number of thioether (sulfide) groups is 1. The van der Waals surface area contributed by atoms with Gasteiger partial charge in [-0.25, -0.2) is 13.1 Å². The van der Waals surface area contributed by atoms with E-state index in [0.717, 1.165) is 12.8 Å². The van der Waals surface area contributed by atoms with Gasteiger partial charge in [-0.1, -0.05) is 17.8 Å². The lowest BCUT2D eigenvalue weighted by Crippen LogP contribution is -2.40. The molecule has 0 radical (unpaired) electrons. The molecule has 10 nitrogen and oxygen atoms in total. The minimum Gasteiger partial charge on any atom is -0.379 e. The molecule has 0 atom stereocenters. The van der Waals surface area contributed by atoms with Crippen molar-refractivity contribution in [3.8, 4) is 0 Å². The second-order valence-electron chi connectivity index (χ2n) is 6.97. The predicted molar refractivity (Wildman–Crippen MR) is 106 cm³/mol. The van der Waals surface area contributed by atoms with Gasteiger partial charge in [0.15, 0.2) is 0 Å². The highest BCUT2D eigenvalue weighted by Gasteiger charge is 2.29. The van der Waals surface area contributed by atoms with Crippen molar-refractivity contribution in [1.29, 1.82) is 0 Å². The largest absolute Gasteiger partial charge is 0.379 e. The van der Waals surface area contributed by atoms with E-state index in [1.54, 1.807) is 23.7 Å². The second kappa shape index (κ2) is 8.38. The Morgan fingerprint density at radius 2 is 2.07 bits per heavy atom. The van der Waals surface area contributed by atoms with Crippen LogP contribution in [0.3, 0.4) is 0 Å². The molecule has 2 heterocycles. The molecule has 2 aromatic rings. The summed E-state index contributed by atoms with van der Waals surface area (Å²) in [6.07, 6.45) is 2.10. The topological polar surface area (TPSA) is 119 Å². The number of sulfonamides is 1. The zero-order valence-electron chi connectivity index (χ0n) is 15.9. The monoisotopic (exact) mass is 438 g/mol. The highest BCUT2D eigenvalue weighted by molar-refractivity contribution is 7.99. The SMILES string of the molecule is Cc1ccc(NC(=O)CSc2nnnn2C2CC2)cc1S(=O)(=O)N1CCOCC1. The van der Waals surface area contributed by atoms with Gasteiger partial charge >= 0.3 is 0 Å². The van der Waals surface area contributed by atoms with Gasteiger partial charge in [0.2, 0.25) is 21.1 Å². The lowest BCUT2D eigenvalue weighted by atomic mass is 10.2. The maximum absolute atomic E-state index is 13.0. The summed E-state index contributed by atoms with van der Waals surface area (Å²) in [5, 5.41) is 15.0. The van der Waals surface area contributed by atoms with E-state index in [0.29, 0.717) is 48.8 Å². The molecule has 4 rings (SSSR count). The predicted octanol–water partition coefficient (Wildman–Crippen LogP) is 1.07. The van der Waals surface area contributed by atoms with Crippen molar-refractivity contribution in [2.75, 3.05) is 37.4 Å². The first-order valence-electron chi connectivity index (χ1n) is 9.34. The summed E-state index contributed by atoms with van der Waals surface area (Å²) < 4.78 is 34.3. The number of ether oxygens (including phenoxy) is 1. The molecule has 12 heteroatoms. The molecule has 0 bridgehead atoms. The van der Waals surface area contributed by atoms with Crippen LogP contribution in [0.2, 0.25) is 0 Å². The summed E-state index contributed by atoms with van der Waals surface area (Å²) in [7, 11) is -3.64. The second-order valence-corrected chi connectivity index (χ2v) is 9.82. The van der Waals surface area contributed by atoms with Crippen molar-refractivity contribution in [1.82, 2.24) is 24.5 Å². The molecule has 29 heavy (non-hydrogen) atoms. The van der Waals surface area contributed by atoms with Crippen LogP contribution < -0.4 is 5.32 Å². The van der Waals surface area contributed by atoms with Crippen molar-refractivity contribution in [3.63, 3.8) is 0 Å². The summed E-state index contributed by atoms with van der Waals surface area (Å²) in [5.74, 6) is -0.120. The van der Waals surface area contributed by atoms with E-state index in [-0.39, 0.29) is 16.6 Å². The third-order valence-electron chi connectivity index (χ3n) is 4.75. The molecule has 1 aliphatic carbocycles. The first kappa shape index (κ1) is 20.3. The average Bonchev–Trinajstić information content (AvgIpc) is 3.46. The fourth-order valence-electron chi connectivity index (χ4n) is 3.04. The summed E-state index contributed by atoms with van der Waals surface area (Å²) in [5.41, 5.74) is 1.07. The van der Waals surface area contributed by atoms with Gasteiger partial charge in [0, 0.05) is 18.8 Å². The van der Waals surface area contributed by atoms with Crippen molar-refractivity contribution >= 4 is 33.4 Å². The van der Waals surface area contributed by atoms with E-state index in [2.05, 4.69) is 20.8 Å². The quantitative estimate of drug-likeness (QED) is 0.638. The maximum Gasteiger partial charge on any atom is 0.243 e. The third-order valence-corrected chi connectivity index (χ3v) is 7.72.